The van der Waals surface area contributed by atoms with Crippen molar-refractivity contribution >= 4 is 23.3 Å². The summed E-state index contributed by atoms with van der Waals surface area (Å²) in [6, 6.07) is -0.454. The van der Waals surface area contributed by atoms with E-state index in [9.17, 15) is 9.59 Å². The Morgan fingerprint density at radius 3 is 2.72 bits per heavy atom. The van der Waals surface area contributed by atoms with Gasteiger partial charge in [0.25, 0.3) is 0 Å². The number of carbonyl (C=O) groups excluding carboxylic acids is 1. The SMILES string of the molecule is Cc1cnc(CNC(=O)NC2(C(=O)O)CCC2)s1. The van der Waals surface area contributed by atoms with E-state index in [1.807, 2.05) is 6.92 Å². The van der Waals surface area contributed by atoms with Crippen LogP contribution in [-0.4, -0.2) is 27.6 Å². The molecular weight excluding hydrogens is 254 g/mol. The molecule has 0 bridgehead atoms. The predicted molar refractivity (Wildman–Crippen MR) is 66.4 cm³/mol. The van der Waals surface area contributed by atoms with Crippen molar-refractivity contribution in [2.75, 3.05) is 0 Å². The Morgan fingerprint density at radius 1 is 1.56 bits per heavy atom. The van der Waals surface area contributed by atoms with E-state index in [0.717, 1.165) is 16.3 Å². The van der Waals surface area contributed by atoms with Crippen LogP contribution >= 0.6 is 11.3 Å². The number of carboxylic acid groups (broad SMARTS) is 1. The van der Waals surface area contributed by atoms with Gasteiger partial charge in [0.15, 0.2) is 0 Å². The summed E-state index contributed by atoms with van der Waals surface area (Å²) in [6.45, 7) is 2.26. The average molecular weight is 269 g/mol. The molecule has 0 unspecified atom stereocenters. The van der Waals surface area contributed by atoms with Gasteiger partial charge in [0, 0.05) is 11.1 Å². The number of hydrogen-bond acceptors (Lipinski definition) is 4. The average Bonchev–Trinajstić information content (AvgIpc) is 2.66. The minimum atomic E-state index is -1.07. The molecule has 0 radical (unpaired) electrons. The summed E-state index contributed by atoms with van der Waals surface area (Å²) in [5.74, 6) is -0.964. The van der Waals surface area contributed by atoms with Crippen LogP contribution in [0.15, 0.2) is 6.20 Å². The molecule has 1 saturated carbocycles. The summed E-state index contributed by atoms with van der Waals surface area (Å²) in [6.07, 6.45) is 3.56. The maximum absolute atomic E-state index is 11.6. The highest BCUT2D eigenvalue weighted by molar-refractivity contribution is 7.11. The summed E-state index contributed by atoms with van der Waals surface area (Å²) < 4.78 is 0. The Morgan fingerprint density at radius 2 is 2.28 bits per heavy atom. The lowest BCUT2D eigenvalue weighted by atomic mass is 9.77. The van der Waals surface area contributed by atoms with Crippen LogP contribution in [0.4, 0.5) is 4.79 Å². The number of carbonyl (C=O) groups is 2. The van der Waals surface area contributed by atoms with Gasteiger partial charge < -0.3 is 15.7 Å². The molecule has 2 amide bonds. The number of rotatable bonds is 4. The standard InChI is InChI=1S/C11H15N3O3S/c1-7-5-12-8(18-7)6-13-10(17)14-11(9(15)16)3-2-4-11/h5H,2-4,6H2,1H3,(H,15,16)(H2,13,14,17). The summed E-state index contributed by atoms with van der Waals surface area (Å²) >= 11 is 1.50. The number of aryl methyl sites for hydroxylation is 1. The molecule has 18 heavy (non-hydrogen) atoms. The number of nitrogens with zero attached hydrogens (tertiary/aromatic N) is 1. The highest BCUT2D eigenvalue weighted by Crippen LogP contribution is 2.31. The smallest absolute Gasteiger partial charge is 0.329 e. The lowest BCUT2D eigenvalue weighted by molar-refractivity contribution is -0.148. The molecule has 0 aliphatic heterocycles. The van der Waals surface area contributed by atoms with Crippen molar-refractivity contribution in [1.82, 2.24) is 15.6 Å². The van der Waals surface area contributed by atoms with Gasteiger partial charge in [-0.15, -0.1) is 11.3 Å². The minimum absolute atomic E-state index is 0.319. The van der Waals surface area contributed by atoms with Crippen molar-refractivity contribution in [1.29, 1.82) is 0 Å². The maximum Gasteiger partial charge on any atom is 0.329 e. The van der Waals surface area contributed by atoms with Crippen LogP contribution in [0.2, 0.25) is 0 Å². The lowest BCUT2D eigenvalue weighted by Crippen LogP contribution is -2.61. The molecule has 0 atom stereocenters. The molecule has 1 heterocycles. The maximum atomic E-state index is 11.6. The first-order valence-corrected chi connectivity index (χ1v) is 6.54. The van der Waals surface area contributed by atoms with E-state index in [4.69, 9.17) is 5.11 Å². The van der Waals surface area contributed by atoms with E-state index in [-0.39, 0.29) is 0 Å². The van der Waals surface area contributed by atoms with Crippen molar-refractivity contribution in [3.05, 3.63) is 16.1 Å². The van der Waals surface area contributed by atoms with E-state index < -0.39 is 17.5 Å². The second kappa shape index (κ2) is 4.93. The van der Waals surface area contributed by atoms with Crippen LogP contribution in [0.3, 0.4) is 0 Å². The molecule has 7 heteroatoms. The fraction of sp³-hybridized carbons (Fsp3) is 0.545. The highest BCUT2D eigenvalue weighted by Gasteiger charge is 2.45. The number of thiazole rings is 1. The van der Waals surface area contributed by atoms with Crippen LogP contribution < -0.4 is 10.6 Å². The number of hydrogen-bond donors (Lipinski definition) is 3. The number of nitrogens with one attached hydrogen (secondary N) is 2. The molecule has 1 fully saturated rings. The van der Waals surface area contributed by atoms with E-state index in [1.54, 1.807) is 6.20 Å². The van der Waals surface area contributed by atoms with Crippen molar-refractivity contribution in [3.63, 3.8) is 0 Å². The van der Waals surface area contributed by atoms with Gasteiger partial charge >= 0.3 is 12.0 Å². The number of urea groups is 1. The largest absolute Gasteiger partial charge is 0.480 e. The summed E-state index contributed by atoms with van der Waals surface area (Å²) in [5, 5.41) is 15.0. The summed E-state index contributed by atoms with van der Waals surface area (Å²) in [4.78, 5) is 27.9. The van der Waals surface area contributed by atoms with Crippen molar-refractivity contribution in [2.45, 2.75) is 38.3 Å². The second-order valence-corrected chi connectivity index (χ2v) is 5.73. The Labute approximate surface area is 108 Å². The Bertz CT molecular complexity index is 468. The number of amides is 2. The molecule has 6 nitrogen and oxygen atoms in total. The van der Waals surface area contributed by atoms with E-state index >= 15 is 0 Å². The fourth-order valence-corrected chi connectivity index (χ4v) is 2.55. The van der Waals surface area contributed by atoms with Crippen LogP contribution in [0.1, 0.15) is 29.1 Å². The normalized spacial score (nSPS) is 16.7. The number of aromatic nitrogens is 1. The van der Waals surface area contributed by atoms with Crippen LogP contribution in [0, 0.1) is 6.92 Å². The highest BCUT2D eigenvalue weighted by atomic mass is 32.1. The molecule has 0 saturated heterocycles. The van der Waals surface area contributed by atoms with E-state index in [2.05, 4.69) is 15.6 Å². The first kappa shape index (κ1) is 12.8. The number of carboxylic acids is 1. The molecule has 3 N–H and O–H groups in total. The zero-order valence-corrected chi connectivity index (χ0v) is 10.8. The van der Waals surface area contributed by atoms with Crippen LogP contribution in [-0.2, 0) is 11.3 Å². The fourth-order valence-electron chi connectivity index (χ4n) is 1.82. The lowest BCUT2D eigenvalue weighted by Gasteiger charge is -2.38. The molecule has 2 rings (SSSR count). The molecule has 98 valence electrons. The zero-order chi connectivity index (χ0) is 13.2. The Kier molecular flexibility index (Phi) is 3.51. The van der Waals surface area contributed by atoms with Gasteiger partial charge in [-0.05, 0) is 26.2 Å². The van der Waals surface area contributed by atoms with Gasteiger partial charge in [-0.25, -0.2) is 14.6 Å². The van der Waals surface area contributed by atoms with Crippen molar-refractivity contribution in [3.8, 4) is 0 Å². The van der Waals surface area contributed by atoms with Gasteiger partial charge in [0.2, 0.25) is 0 Å². The monoisotopic (exact) mass is 269 g/mol. The van der Waals surface area contributed by atoms with Crippen molar-refractivity contribution < 1.29 is 14.7 Å². The van der Waals surface area contributed by atoms with Crippen LogP contribution in [0.5, 0.6) is 0 Å². The third-order valence-electron chi connectivity index (χ3n) is 3.04. The topological polar surface area (TPSA) is 91.3 Å². The Hall–Kier alpha value is -1.63. The van der Waals surface area contributed by atoms with E-state index in [0.29, 0.717) is 19.4 Å². The summed E-state index contributed by atoms with van der Waals surface area (Å²) in [7, 11) is 0. The first-order chi connectivity index (χ1) is 8.52. The predicted octanol–water partition coefficient (Wildman–Crippen LogP) is 1.26. The molecule has 1 aromatic rings. The van der Waals surface area contributed by atoms with Gasteiger partial charge in [-0.2, -0.15) is 0 Å². The molecule has 1 aliphatic carbocycles. The third-order valence-corrected chi connectivity index (χ3v) is 3.95. The van der Waals surface area contributed by atoms with Gasteiger partial charge in [-0.1, -0.05) is 0 Å². The third kappa shape index (κ3) is 2.61. The zero-order valence-electron chi connectivity index (χ0n) is 10.0. The summed E-state index contributed by atoms with van der Waals surface area (Å²) in [5.41, 5.74) is -1.07. The first-order valence-electron chi connectivity index (χ1n) is 5.72. The van der Waals surface area contributed by atoms with Gasteiger partial charge in [-0.3, -0.25) is 0 Å². The minimum Gasteiger partial charge on any atom is -0.480 e. The Balaban J connectivity index is 1.83. The molecule has 0 spiro atoms. The molecular formula is C11H15N3O3S. The van der Waals surface area contributed by atoms with Crippen molar-refractivity contribution in [2.24, 2.45) is 0 Å². The van der Waals surface area contributed by atoms with E-state index in [1.165, 1.54) is 11.3 Å². The van der Waals surface area contributed by atoms with Gasteiger partial charge in [0.1, 0.15) is 10.5 Å². The quantitative estimate of drug-likeness (QED) is 0.767. The molecule has 1 aliphatic rings. The van der Waals surface area contributed by atoms with Gasteiger partial charge in [0.05, 0.1) is 6.54 Å². The second-order valence-electron chi connectivity index (χ2n) is 4.41. The molecule has 1 aromatic heterocycles. The molecule has 0 aromatic carbocycles. The number of aliphatic carboxylic acids is 1. The van der Waals surface area contributed by atoms with Crippen LogP contribution in [0.25, 0.3) is 0 Å².